The van der Waals surface area contributed by atoms with Crippen molar-refractivity contribution in [3.63, 3.8) is 0 Å². The Morgan fingerprint density at radius 3 is 2.74 bits per heavy atom. The average molecular weight is 326 g/mol. The van der Waals surface area contributed by atoms with E-state index in [1.165, 1.54) is 6.42 Å². The molecule has 0 unspecified atom stereocenters. The van der Waals surface area contributed by atoms with Crippen molar-refractivity contribution < 1.29 is 9.53 Å². The number of halogens is 1. The standard InChI is InChI=1S/C15H20BrNO2/c1-2-12-10-13(16)6-7-14(12)19-11-15(18)17-8-4-3-5-9-17/h6-7,10H,2-5,8-9,11H2,1H3. The lowest BCUT2D eigenvalue weighted by Gasteiger charge is -2.26. The zero-order chi connectivity index (χ0) is 13.7. The van der Waals surface area contributed by atoms with Crippen molar-refractivity contribution in [1.29, 1.82) is 0 Å². The van der Waals surface area contributed by atoms with Crippen LogP contribution in [0.25, 0.3) is 0 Å². The van der Waals surface area contributed by atoms with Crippen LogP contribution >= 0.6 is 15.9 Å². The molecule has 1 aliphatic heterocycles. The summed E-state index contributed by atoms with van der Waals surface area (Å²) in [5, 5.41) is 0. The van der Waals surface area contributed by atoms with Crippen molar-refractivity contribution in [2.75, 3.05) is 19.7 Å². The van der Waals surface area contributed by atoms with E-state index in [1.807, 2.05) is 23.1 Å². The molecule has 1 heterocycles. The molecular weight excluding hydrogens is 306 g/mol. The number of hydrogen-bond acceptors (Lipinski definition) is 2. The second-order valence-corrected chi connectivity index (χ2v) is 5.75. The fourth-order valence-corrected chi connectivity index (χ4v) is 2.75. The number of benzene rings is 1. The van der Waals surface area contributed by atoms with Gasteiger partial charge in [-0.3, -0.25) is 4.79 Å². The van der Waals surface area contributed by atoms with E-state index in [9.17, 15) is 4.79 Å². The van der Waals surface area contributed by atoms with Gasteiger partial charge < -0.3 is 9.64 Å². The maximum atomic E-state index is 12.0. The summed E-state index contributed by atoms with van der Waals surface area (Å²) in [5.41, 5.74) is 1.13. The number of ether oxygens (including phenoxy) is 1. The third-order valence-corrected chi connectivity index (χ3v) is 3.96. The van der Waals surface area contributed by atoms with Crippen molar-refractivity contribution in [3.8, 4) is 5.75 Å². The van der Waals surface area contributed by atoms with E-state index < -0.39 is 0 Å². The van der Waals surface area contributed by atoms with E-state index in [1.54, 1.807) is 0 Å². The van der Waals surface area contributed by atoms with E-state index in [-0.39, 0.29) is 12.5 Å². The van der Waals surface area contributed by atoms with E-state index in [0.29, 0.717) is 0 Å². The fourth-order valence-electron chi connectivity index (χ4n) is 2.34. The summed E-state index contributed by atoms with van der Waals surface area (Å²) in [6, 6.07) is 5.91. The molecule has 0 aromatic heterocycles. The first-order chi connectivity index (χ1) is 9.20. The van der Waals surface area contributed by atoms with Gasteiger partial charge >= 0.3 is 0 Å². The van der Waals surface area contributed by atoms with Gasteiger partial charge in [0.15, 0.2) is 6.61 Å². The molecule has 1 amide bonds. The predicted octanol–water partition coefficient (Wildman–Crippen LogP) is 3.40. The summed E-state index contributed by atoms with van der Waals surface area (Å²) < 4.78 is 6.73. The van der Waals surface area contributed by atoms with Gasteiger partial charge in [-0.2, -0.15) is 0 Å². The summed E-state index contributed by atoms with van der Waals surface area (Å²) in [6.07, 6.45) is 4.36. The molecule has 19 heavy (non-hydrogen) atoms. The van der Waals surface area contributed by atoms with Gasteiger partial charge in [-0.25, -0.2) is 0 Å². The topological polar surface area (TPSA) is 29.5 Å². The second-order valence-electron chi connectivity index (χ2n) is 4.84. The lowest BCUT2D eigenvalue weighted by atomic mass is 10.1. The average Bonchev–Trinajstić information content (AvgIpc) is 2.46. The zero-order valence-corrected chi connectivity index (χ0v) is 12.9. The summed E-state index contributed by atoms with van der Waals surface area (Å²) in [5.74, 6) is 0.917. The number of hydrogen-bond donors (Lipinski definition) is 0. The highest BCUT2D eigenvalue weighted by molar-refractivity contribution is 9.10. The molecule has 4 heteroatoms. The Morgan fingerprint density at radius 1 is 1.32 bits per heavy atom. The summed E-state index contributed by atoms with van der Waals surface area (Å²) in [6.45, 7) is 3.99. The SMILES string of the molecule is CCc1cc(Br)ccc1OCC(=O)N1CCCCC1. The van der Waals surface area contributed by atoms with Crippen LogP contribution in [-0.2, 0) is 11.2 Å². The van der Waals surface area contributed by atoms with Crippen LogP contribution in [0, 0.1) is 0 Å². The maximum Gasteiger partial charge on any atom is 0.260 e. The molecule has 3 nitrogen and oxygen atoms in total. The monoisotopic (exact) mass is 325 g/mol. The normalized spacial score (nSPS) is 15.4. The highest BCUT2D eigenvalue weighted by Crippen LogP contribution is 2.23. The molecule has 0 atom stereocenters. The summed E-state index contributed by atoms with van der Waals surface area (Å²) in [4.78, 5) is 13.9. The van der Waals surface area contributed by atoms with Gasteiger partial charge in [-0.15, -0.1) is 0 Å². The van der Waals surface area contributed by atoms with Crippen LogP contribution in [0.15, 0.2) is 22.7 Å². The summed E-state index contributed by atoms with van der Waals surface area (Å²) >= 11 is 3.45. The van der Waals surface area contributed by atoms with Crippen LogP contribution in [0.2, 0.25) is 0 Å². The highest BCUT2D eigenvalue weighted by Gasteiger charge is 2.17. The second kappa shape index (κ2) is 6.94. The largest absolute Gasteiger partial charge is 0.483 e. The number of aryl methyl sites for hydroxylation is 1. The lowest BCUT2D eigenvalue weighted by Crippen LogP contribution is -2.38. The number of carbonyl (C=O) groups is 1. The van der Waals surface area contributed by atoms with Gasteiger partial charge in [0.1, 0.15) is 5.75 Å². The molecule has 2 rings (SSSR count). The molecule has 1 fully saturated rings. The molecular formula is C15H20BrNO2. The Balaban J connectivity index is 1.92. The van der Waals surface area contributed by atoms with Gasteiger partial charge in [-0.1, -0.05) is 22.9 Å². The van der Waals surface area contributed by atoms with Crippen molar-refractivity contribution in [2.24, 2.45) is 0 Å². The number of likely N-dealkylation sites (tertiary alicyclic amines) is 1. The molecule has 0 aliphatic carbocycles. The van der Waals surface area contributed by atoms with Crippen molar-refractivity contribution in [2.45, 2.75) is 32.6 Å². The zero-order valence-electron chi connectivity index (χ0n) is 11.3. The van der Waals surface area contributed by atoms with Gasteiger partial charge in [0.25, 0.3) is 5.91 Å². The van der Waals surface area contributed by atoms with Gasteiger partial charge in [0, 0.05) is 17.6 Å². The summed E-state index contributed by atoms with van der Waals surface area (Å²) in [7, 11) is 0. The van der Waals surface area contributed by atoms with Crippen molar-refractivity contribution in [1.82, 2.24) is 4.90 Å². The van der Waals surface area contributed by atoms with Crippen LogP contribution in [-0.4, -0.2) is 30.5 Å². The minimum Gasteiger partial charge on any atom is -0.483 e. The van der Waals surface area contributed by atoms with Gasteiger partial charge in [0.05, 0.1) is 0 Å². The molecule has 0 bridgehead atoms. The first kappa shape index (κ1) is 14.4. The number of amides is 1. The minimum absolute atomic E-state index is 0.102. The third-order valence-electron chi connectivity index (χ3n) is 3.46. The van der Waals surface area contributed by atoms with Gasteiger partial charge in [0.2, 0.25) is 0 Å². The molecule has 0 saturated carbocycles. The van der Waals surface area contributed by atoms with Crippen molar-refractivity contribution in [3.05, 3.63) is 28.2 Å². The van der Waals surface area contributed by atoms with E-state index >= 15 is 0 Å². The highest BCUT2D eigenvalue weighted by atomic mass is 79.9. The Hall–Kier alpha value is -1.03. The quantitative estimate of drug-likeness (QED) is 0.849. The number of nitrogens with zero attached hydrogens (tertiary/aromatic N) is 1. The van der Waals surface area contributed by atoms with Crippen LogP contribution in [0.3, 0.4) is 0 Å². The predicted molar refractivity (Wildman–Crippen MR) is 79.4 cm³/mol. The third kappa shape index (κ3) is 3.96. The molecule has 0 N–H and O–H groups in total. The van der Waals surface area contributed by atoms with Crippen molar-refractivity contribution >= 4 is 21.8 Å². The first-order valence-electron chi connectivity index (χ1n) is 6.89. The molecule has 1 aromatic rings. The molecule has 0 spiro atoms. The molecule has 1 aliphatic rings. The molecule has 1 aromatic carbocycles. The van der Waals surface area contributed by atoms with E-state index in [0.717, 1.165) is 48.1 Å². The first-order valence-corrected chi connectivity index (χ1v) is 7.69. The molecule has 104 valence electrons. The van der Waals surface area contributed by atoms with Crippen LogP contribution in [0.1, 0.15) is 31.7 Å². The van der Waals surface area contributed by atoms with E-state index in [4.69, 9.17) is 4.74 Å². The van der Waals surface area contributed by atoms with Crippen LogP contribution < -0.4 is 4.74 Å². The van der Waals surface area contributed by atoms with E-state index in [2.05, 4.69) is 22.9 Å². The maximum absolute atomic E-state index is 12.0. The Labute approximate surface area is 123 Å². The van der Waals surface area contributed by atoms with Crippen LogP contribution in [0.5, 0.6) is 5.75 Å². The Bertz CT molecular complexity index is 442. The molecule has 1 saturated heterocycles. The molecule has 0 radical (unpaired) electrons. The number of carbonyl (C=O) groups excluding carboxylic acids is 1. The lowest BCUT2D eigenvalue weighted by molar-refractivity contribution is -0.134. The smallest absolute Gasteiger partial charge is 0.260 e. The fraction of sp³-hybridized carbons (Fsp3) is 0.533. The van der Waals surface area contributed by atoms with Crippen LogP contribution in [0.4, 0.5) is 0 Å². The van der Waals surface area contributed by atoms with Gasteiger partial charge in [-0.05, 0) is 49.4 Å². The number of piperidine rings is 1. The Kier molecular flexibility index (Phi) is 5.25. The Morgan fingerprint density at radius 2 is 2.05 bits per heavy atom. The minimum atomic E-state index is 0.102. The number of rotatable bonds is 4.